The number of hydrogen-bond acceptors (Lipinski definition) is 6. The molecule has 7 nitrogen and oxygen atoms in total. The summed E-state index contributed by atoms with van der Waals surface area (Å²) in [5.74, 6) is 1.50. The summed E-state index contributed by atoms with van der Waals surface area (Å²) in [6.07, 6.45) is 1.82. The second-order valence-corrected chi connectivity index (χ2v) is 5.97. The summed E-state index contributed by atoms with van der Waals surface area (Å²) in [6.45, 7) is 0.690. The Labute approximate surface area is 138 Å². The molecule has 2 heterocycles. The van der Waals surface area contributed by atoms with E-state index in [1.54, 1.807) is 24.6 Å². The number of nitrogens with one attached hydrogen (secondary N) is 1. The van der Waals surface area contributed by atoms with Gasteiger partial charge in [0.15, 0.2) is 0 Å². The molecule has 0 bridgehead atoms. The molecule has 8 heteroatoms. The fraction of sp³-hybridized carbons (Fsp3) is 0.400. The SMILES string of the molecule is COc1ccc(OC)c([C@@H]2CCCN2C(=O)Nc2nncs2)c1. The van der Waals surface area contributed by atoms with Crippen LogP contribution in [0.2, 0.25) is 0 Å². The smallest absolute Gasteiger partial charge is 0.324 e. The van der Waals surface area contributed by atoms with Crippen LogP contribution in [-0.4, -0.2) is 41.9 Å². The highest BCUT2D eigenvalue weighted by molar-refractivity contribution is 7.13. The largest absolute Gasteiger partial charge is 0.497 e. The molecule has 1 aliphatic rings. The fourth-order valence-electron chi connectivity index (χ4n) is 2.82. The standard InChI is InChI=1S/C15H18N4O3S/c1-21-10-5-6-13(22-2)11(8-10)12-4-3-7-19(12)15(20)17-14-18-16-9-23-14/h5-6,8-9,12H,3-4,7H2,1-2H3,(H,17,18,20)/t12-/m0/s1. The van der Waals surface area contributed by atoms with E-state index in [2.05, 4.69) is 15.5 Å². The van der Waals surface area contributed by atoms with Gasteiger partial charge in [-0.25, -0.2) is 4.79 Å². The van der Waals surface area contributed by atoms with Crippen LogP contribution in [0, 0.1) is 0 Å². The molecule has 1 atom stereocenters. The van der Waals surface area contributed by atoms with Crippen LogP contribution in [0.15, 0.2) is 23.7 Å². The number of likely N-dealkylation sites (tertiary alicyclic amines) is 1. The second-order valence-electron chi connectivity index (χ2n) is 5.13. The average Bonchev–Trinajstić information content (AvgIpc) is 3.25. The van der Waals surface area contributed by atoms with E-state index >= 15 is 0 Å². The van der Waals surface area contributed by atoms with E-state index in [9.17, 15) is 4.79 Å². The molecular formula is C15H18N4O3S. The first-order valence-corrected chi connectivity index (χ1v) is 8.16. The first-order chi connectivity index (χ1) is 11.2. The number of ether oxygens (including phenoxy) is 2. The summed E-state index contributed by atoms with van der Waals surface area (Å²) in [5, 5.41) is 10.9. The van der Waals surface area contributed by atoms with E-state index in [1.165, 1.54) is 11.3 Å². The van der Waals surface area contributed by atoms with Crippen molar-refractivity contribution in [1.82, 2.24) is 15.1 Å². The highest BCUT2D eigenvalue weighted by atomic mass is 32.1. The summed E-state index contributed by atoms with van der Waals surface area (Å²) in [4.78, 5) is 14.3. The summed E-state index contributed by atoms with van der Waals surface area (Å²) in [7, 11) is 3.26. The van der Waals surface area contributed by atoms with Gasteiger partial charge in [0.1, 0.15) is 17.0 Å². The van der Waals surface area contributed by atoms with Crippen LogP contribution >= 0.6 is 11.3 Å². The van der Waals surface area contributed by atoms with Gasteiger partial charge in [0, 0.05) is 12.1 Å². The van der Waals surface area contributed by atoms with Crippen molar-refractivity contribution < 1.29 is 14.3 Å². The number of anilines is 1. The van der Waals surface area contributed by atoms with Gasteiger partial charge in [0.25, 0.3) is 0 Å². The Hall–Kier alpha value is -2.35. The lowest BCUT2D eigenvalue weighted by Gasteiger charge is -2.26. The third-order valence-corrected chi connectivity index (χ3v) is 4.49. The highest BCUT2D eigenvalue weighted by Gasteiger charge is 2.32. The Kier molecular flexibility index (Phi) is 4.61. The number of nitrogens with zero attached hydrogens (tertiary/aromatic N) is 3. The molecule has 0 unspecified atom stereocenters. The molecule has 1 aromatic heterocycles. The maximum absolute atomic E-state index is 12.5. The minimum Gasteiger partial charge on any atom is -0.497 e. The van der Waals surface area contributed by atoms with Crippen molar-refractivity contribution in [1.29, 1.82) is 0 Å². The van der Waals surface area contributed by atoms with Gasteiger partial charge >= 0.3 is 6.03 Å². The molecule has 1 aliphatic heterocycles. The summed E-state index contributed by atoms with van der Waals surface area (Å²) >= 11 is 1.30. The van der Waals surface area contributed by atoms with Crippen LogP contribution in [0.5, 0.6) is 11.5 Å². The lowest BCUT2D eigenvalue weighted by atomic mass is 10.0. The molecule has 0 radical (unpaired) electrons. The van der Waals surface area contributed by atoms with Crippen LogP contribution < -0.4 is 14.8 Å². The lowest BCUT2D eigenvalue weighted by Crippen LogP contribution is -2.34. The summed E-state index contributed by atoms with van der Waals surface area (Å²) in [5.41, 5.74) is 2.54. The number of methoxy groups -OCH3 is 2. The van der Waals surface area contributed by atoms with E-state index in [0.29, 0.717) is 11.7 Å². The van der Waals surface area contributed by atoms with E-state index in [0.717, 1.165) is 29.9 Å². The number of carbonyl (C=O) groups is 1. The van der Waals surface area contributed by atoms with Gasteiger partial charge < -0.3 is 14.4 Å². The molecule has 1 saturated heterocycles. The Morgan fingerprint density at radius 1 is 1.39 bits per heavy atom. The van der Waals surface area contributed by atoms with Crippen LogP contribution in [0.25, 0.3) is 0 Å². The number of benzene rings is 1. The van der Waals surface area contributed by atoms with Crippen molar-refractivity contribution in [3.8, 4) is 11.5 Å². The third kappa shape index (κ3) is 3.21. The summed E-state index contributed by atoms with van der Waals surface area (Å²) < 4.78 is 10.8. The van der Waals surface area contributed by atoms with Crippen molar-refractivity contribution in [3.05, 3.63) is 29.3 Å². The molecule has 0 saturated carbocycles. The summed E-state index contributed by atoms with van der Waals surface area (Å²) in [6, 6.07) is 5.43. The zero-order valence-corrected chi connectivity index (χ0v) is 13.8. The van der Waals surface area contributed by atoms with E-state index in [1.807, 2.05) is 18.2 Å². The number of hydrogen-bond donors (Lipinski definition) is 1. The normalized spacial score (nSPS) is 17.1. The minimum absolute atomic E-state index is 0.0482. The molecule has 1 aromatic carbocycles. The fourth-order valence-corrected chi connectivity index (χ4v) is 3.26. The van der Waals surface area contributed by atoms with E-state index < -0.39 is 0 Å². The zero-order valence-electron chi connectivity index (χ0n) is 13.0. The zero-order chi connectivity index (χ0) is 16.2. The predicted octanol–water partition coefficient (Wildman–Crippen LogP) is 2.92. The van der Waals surface area contributed by atoms with E-state index in [-0.39, 0.29) is 12.1 Å². The Bertz CT molecular complexity index is 677. The Morgan fingerprint density at radius 3 is 2.96 bits per heavy atom. The number of rotatable bonds is 4. The Balaban J connectivity index is 1.85. The molecule has 122 valence electrons. The van der Waals surface area contributed by atoms with Crippen molar-refractivity contribution in [2.45, 2.75) is 18.9 Å². The number of amides is 2. The molecule has 0 aliphatic carbocycles. The van der Waals surface area contributed by atoms with Crippen molar-refractivity contribution in [3.63, 3.8) is 0 Å². The molecule has 0 spiro atoms. The van der Waals surface area contributed by atoms with Crippen LogP contribution in [0.4, 0.5) is 9.93 Å². The van der Waals surface area contributed by atoms with Crippen molar-refractivity contribution in [2.75, 3.05) is 26.1 Å². The average molecular weight is 334 g/mol. The predicted molar refractivity (Wildman–Crippen MR) is 87.2 cm³/mol. The van der Waals surface area contributed by atoms with Crippen molar-refractivity contribution >= 4 is 22.5 Å². The molecule has 1 N–H and O–H groups in total. The molecule has 23 heavy (non-hydrogen) atoms. The third-order valence-electron chi connectivity index (χ3n) is 3.88. The van der Waals surface area contributed by atoms with Gasteiger partial charge in [-0.1, -0.05) is 11.3 Å². The minimum atomic E-state index is -0.172. The van der Waals surface area contributed by atoms with Gasteiger partial charge in [-0.2, -0.15) is 0 Å². The Morgan fingerprint density at radius 2 is 2.26 bits per heavy atom. The van der Waals surface area contributed by atoms with Gasteiger partial charge in [-0.15, -0.1) is 10.2 Å². The number of aromatic nitrogens is 2. The first kappa shape index (κ1) is 15.5. The van der Waals surface area contributed by atoms with Gasteiger partial charge in [-0.05, 0) is 31.0 Å². The van der Waals surface area contributed by atoms with Gasteiger partial charge in [0.2, 0.25) is 5.13 Å². The van der Waals surface area contributed by atoms with Crippen molar-refractivity contribution in [2.24, 2.45) is 0 Å². The topological polar surface area (TPSA) is 76.6 Å². The molecular weight excluding hydrogens is 316 g/mol. The van der Waals surface area contributed by atoms with Crippen LogP contribution in [0.1, 0.15) is 24.4 Å². The lowest BCUT2D eigenvalue weighted by molar-refractivity contribution is 0.206. The first-order valence-electron chi connectivity index (χ1n) is 7.28. The number of urea groups is 1. The van der Waals surface area contributed by atoms with Gasteiger partial charge in [-0.3, -0.25) is 5.32 Å². The van der Waals surface area contributed by atoms with Crippen LogP contribution in [0.3, 0.4) is 0 Å². The second kappa shape index (κ2) is 6.82. The van der Waals surface area contributed by atoms with Crippen LogP contribution in [-0.2, 0) is 0 Å². The molecule has 2 amide bonds. The maximum atomic E-state index is 12.5. The maximum Gasteiger partial charge on any atom is 0.324 e. The number of carbonyl (C=O) groups excluding carboxylic acids is 1. The monoisotopic (exact) mass is 334 g/mol. The quantitative estimate of drug-likeness (QED) is 0.930. The molecule has 1 fully saturated rings. The van der Waals surface area contributed by atoms with E-state index in [4.69, 9.17) is 9.47 Å². The molecule has 2 aromatic rings. The highest BCUT2D eigenvalue weighted by Crippen LogP contribution is 2.39. The molecule has 3 rings (SSSR count). The van der Waals surface area contributed by atoms with Gasteiger partial charge in [0.05, 0.1) is 20.3 Å².